The lowest BCUT2D eigenvalue weighted by Gasteiger charge is -2.18. The maximum absolute atomic E-state index is 11.6. The van der Waals surface area contributed by atoms with Gasteiger partial charge >= 0.3 is 5.97 Å². The largest absolute Gasteiger partial charge is 0.481 e. The Morgan fingerprint density at radius 2 is 2.05 bits per heavy atom. The van der Waals surface area contributed by atoms with Crippen molar-refractivity contribution >= 4 is 23.5 Å². The normalized spacial score (nSPS) is 11.1. The van der Waals surface area contributed by atoms with Gasteiger partial charge in [-0.25, -0.2) is 0 Å². The summed E-state index contributed by atoms with van der Waals surface area (Å²) in [5.74, 6) is -1.23. The summed E-state index contributed by atoms with van der Waals surface area (Å²) >= 11 is 5.86. The quantitative estimate of drug-likeness (QED) is 0.843. The second-order valence-corrected chi connectivity index (χ2v) is 5.53. The van der Waals surface area contributed by atoms with Gasteiger partial charge in [-0.15, -0.1) is 0 Å². The molecule has 5 heteroatoms. The Morgan fingerprint density at radius 1 is 1.37 bits per heavy atom. The van der Waals surface area contributed by atoms with Crippen LogP contribution in [-0.2, 0) is 16.0 Å². The Morgan fingerprint density at radius 3 is 2.63 bits per heavy atom. The van der Waals surface area contributed by atoms with Gasteiger partial charge in [-0.05, 0) is 38.0 Å². The summed E-state index contributed by atoms with van der Waals surface area (Å²) in [6.07, 6.45) is 0.637. The number of hydrogen-bond acceptors (Lipinski definition) is 2. The Balaban J connectivity index is 2.37. The summed E-state index contributed by atoms with van der Waals surface area (Å²) < 4.78 is 0. The van der Waals surface area contributed by atoms with E-state index < -0.39 is 11.4 Å². The van der Waals surface area contributed by atoms with Crippen LogP contribution in [0, 0.1) is 5.41 Å². The molecule has 0 aliphatic carbocycles. The number of nitrogens with one attached hydrogen (secondary N) is 1. The highest BCUT2D eigenvalue weighted by molar-refractivity contribution is 6.30. The van der Waals surface area contributed by atoms with Crippen LogP contribution in [0.2, 0.25) is 5.02 Å². The summed E-state index contributed by atoms with van der Waals surface area (Å²) in [6, 6.07) is 7.42. The molecular weight excluding hydrogens is 266 g/mol. The van der Waals surface area contributed by atoms with Gasteiger partial charge in [0.05, 0.1) is 5.41 Å². The molecule has 0 atom stereocenters. The highest BCUT2D eigenvalue weighted by Gasteiger charge is 2.29. The lowest BCUT2D eigenvalue weighted by Crippen LogP contribution is -2.34. The van der Waals surface area contributed by atoms with Crippen LogP contribution in [0.25, 0.3) is 0 Å². The molecule has 0 saturated carbocycles. The van der Waals surface area contributed by atoms with Crippen LogP contribution in [0.1, 0.15) is 25.8 Å². The van der Waals surface area contributed by atoms with Crippen molar-refractivity contribution in [1.82, 2.24) is 5.32 Å². The fraction of sp³-hybridized carbons (Fsp3) is 0.429. The third-order valence-corrected chi connectivity index (χ3v) is 3.04. The highest BCUT2D eigenvalue weighted by atomic mass is 35.5. The molecule has 4 nitrogen and oxygen atoms in total. The summed E-state index contributed by atoms with van der Waals surface area (Å²) in [4.78, 5) is 22.5. The number of amides is 1. The molecule has 2 N–H and O–H groups in total. The number of hydrogen-bond donors (Lipinski definition) is 2. The second-order valence-electron chi connectivity index (χ2n) is 5.10. The van der Waals surface area contributed by atoms with Gasteiger partial charge in [-0.3, -0.25) is 9.59 Å². The molecule has 1 aromatic carbocycles. The molecule has 0 unspecified atom stereocenters. The third-order valence-electron chi connectivity index (χ3n) is 2.81. The lowest BCUT2D eigenvalue weighted by molar-refractivity contribution is -0.149. The van der Waals surface area contributed by atoms with Crippen molar-refractivity contribution in [3.05, 3.63) is 34.9 Å². The Bertz CT molecular complexity index is 472. The van der Waals surface area contributed by atoms with Gasteiger partial charge in [-0.2, -0.15) is 0 Å². The van der Waals surface area contributed by atoms with Crippen molar-refractivity contribution < 1.29 is 14.7 Å². The van der Waals surface area contributed by atoms with E-state index >= 15 is 0 Å². The lowest BCUT2D eigenvalue weighted by atomic mass is 9.89. The molecule has 1 aromatic rings. The van der Waals surface area contributed by atoms with E-state index in [1.165, 1.54) is 13.8 Å². The number of aliphatic carboxylic acids is 1. The van der Waals surface area contributed by atoms with Crippen LogP contribution in [0.15, 0.2) is 24.3 Å². The van der Waals surface area contributed by atoms with Crippen LogP contribution in [0.3, 0.4) is 0 Å². The van der Waals surface area contributed by atoms with E-state index in [2.05, 4.69) is 5.32 Å². The van der Waals surface area contributed by atoms with Crippen molar-refractivity contribution in [3.63, 3.8) is 0 Å². The predicted octanol–water partition coefficient (Wildman–Crippen LogP) is 2.50. The molecule has 19 heavy (non-hydrogen) atoms. The Hall–Kier alpha value is -1.55. The molecule has 104 valence electrons. The second kappa shape index (κ2) is 6.57. The van der Waals surface area contributed by atoms with E-state index in [0.29, 0.717) is 18.0 Å². The predicted molar refractivity (Wildman–Crippen MR) is 74.2 cm³/mol. The molecule has 0 saturated heterocycles. The first-order chi connectivity index (χ1) is 8.81. The first-order valence-corrected chi connectivity index (χ1v) is 6.43. The van der Waals surface area contributed by atoms with Crippen LogP contribution in [-0.4, -0.2) is 23.5 Å². The van der Waals surface area contributed by atoms with E-state index in [-0.39, 0.29) is 12.3 Å². The number of carbonyl (C=O) groups is 2. The maximum atomic E-state index is 11.6. The maximum Gasteiger partial charge on any atom is 0.309 e. The van der Waals surface area contributed by atoms with Gasteiger partial charge in [0, 0.05) is 18.0 Å². The molecule has 0 radical (unpaired) electrons. The van der Waals surface area contributed by atoms with Crippen LogP contribution < -0.4 is 5.32 Å². The summed E-state index contributed by atoms with van der Waals surface area (Å²) in [5, 5.41) is 12.3. The van der Waals surface area contributed by atoms with Crippen LogP contribution >= 0.6 is 11.6 Å². The van der Waals surface area contributed by atoms with Gasteiger partial charge in [0.2, 0.25) is 5.91 Å². The van der Waals surface area contributed by atoms with E-state index in [0.717, 1.165) is 5.56 Å². The van der Waals surface area contributed by atoms with Gasteiger partial charge in [-0.1, -0.05) is 23.7 Å². The number of benzene rings is 1. The molecule has 0 heterocycles. The standard InChI is InChI=1S/C14H18ClNO3/c1-14(2,13(18)19)9-12(17)16-7-6-10-4-3-5-11(15)8-10/h3-5,8H,6-7,9H2,1-2H3,(H,16,17)(H,18,19). The van der Waals surface area contributed by atoms with Crippen molar-refractivity contribution in [3.8, 4) is 0 Å². The molecule has 0 spiro atoms. The number of carboxylic acids is 1. The third kappa shape index (κ3) is 5.30. The van der Waals surface area contributed by atoms with Gasteiger partial charge < -0.3 is 10.4 Å². The molecule has 0 bridgehead atoms. The van der Waals surface area contributed by atoms with Crippen molar-refractivity contribution in [1.29, 1.82) is 0 Å². The minimum atomic E-state index is -1.04. The first kappa shape index (κ1) is 15.5. The summed E-state index contributed by atoms with van der Waals surface area (Å²) in [5.41, 5.74) is -0.00885. The molecule has 1 amide bonds. The van der Waals surface area contributed by atoms with Crippen LogP contribution in [0.4, 0.5) is 0 Å². The molecule has 0 fully saturated rings. The zero-order valence-corrected chi connectivity index (χ0v) is 11.8. The minimum absolute atomic E-state index is 0.0299. The average Bonchev–Trinajstić information content (AvgIpc) is 2.28. The molecule has 0 aliphatic heterocycles. The molecular formula is C14H18ClNO3. The minimum Gasteiger partial charge on any atom is -0.481 e. The fourth-order valence-electron chi connectivity index (χ4n) is 1.58. The SMILES string of the molecule is CC(C)(CC(=O)NCCc1cccc(Cl)c1)C(=O)O. The van der Waals surface area contributed by atoms with Crippen molar-refractivity contribution in [2.75, 3.05) is 6.54 Å². The Kier molecular flexibility index (Phi) is 5.36. The van der Waals surface area contributed by atoms with E-state index in [1.807, 2.05) is 18.2 Å². The van der Waals surface area contributed by atoms with Crippen LogP contribution in [0.5, 0.6) is 0 Å². The summed E-state index contributed by atoms with van der Waals surface area (Å²) in [7, 11) is 0. The molecule has 0 aliphatic rings. The number of carboxylic acid groups (broad SMARTS) is 1. The topological polar surface area (TPSA) is 66.4 Å². The number of rotatable bonds is 6. The zero-order chi connectivity index (χ0) is 14.5. The van der Waals surface area contributed by atoms with Gasteiger partial charge in [0.15, 0.2) is 0 Å². The zero-order valence-electron chi connectivity index (χ0n) is 11.1. The fourth-order valence-corrected chi connectivity index (χ4v) is 1.79. The molecule has 1 rings (SSSR count). The smallest absolute Gasteiger partial charge is 0.309 e. The van der Waals surface area contributed by atoms with Gasteiger partial charge in [0.25, 0.3) is 0 Å². The average molecular weight is 284 g/mol. The van der Waals surface area contributed by atoms with Crippen molar-refractivity contribution in [2.45, 2.75) is 26.7 Å². The highest BCUT2D eigenvalue weighted by Crippen LogP contribution is 2.20. The van der Waals surface area contributed by atoms with E-state index in [4.69, 9.17) is 16.7 Å². The molecule has 0 aromatic heterocycles. The summed E-state index contributed by atoms with van der Waals surface area (Å²) in [6.45, 7) is 3.53. The number of halogens is 1. The van der Waals surface area contributed by atoms with E-state index in [9.17, 15) is 9.59 Å². The van der Waals surface area contributed by atoms with Crippen molar-refractivity contribution in [2.24, 2.45) is 5.41 Å². The van der Waals surface area contributed by atoms with Gasteiger partial charge in [0.1, 0.15) is 0 Å². The van der Waals surface area contributed by atoms with E-state index in [1.54, 1.807) is 6.07 Å². The first-order valence-electron chi connectivity index (χ1n) is 6.06. The number of carbonyl (C=O) groups excluding carboxylic acids is 1. The monoisotopic (exact) mass is 283 g/mol. The Labute approximate surface area is 117 Å².